The van der Waals surface area contributed by atoms with Crippen LogP contribution < -0.4 is 0 Å². The van der Waals surface area contributed by atoms with E-state index in [0.717, 1.165) is 41.9 Å². The maximum Gasteiger partial charge on any atom is 0.253 e. The highest BCUT2D eigenvalue weighted by Crippen LogP contribution is 2.21. The second-order valence-corrected chi connectivity index (χ2v) is 7.88. The van der Waals surface area contributed by atoms with Gasteiger partial charge in [0.1, 0.15) is 0 Å². The number of rotatable bonds is 3. The summed E-state index contributed by atoms with van der Waals surface area (Å²) in [5.41, 5.74) is 0.723. The minimum atomic E-state index is 0.102. The van der Waals surface area contributed by atoms with E-state index in [4.69, 9.17) is 11.6 Å². The van der Waals surface area contributed by atoms with Crippen LogP contribution in [-0.4, -0.2) is 41.9 Å². The molecule has 1 amide bonds. The molecule has 0 radical (unpaired) electrons. The molecule has 0 spiro atoms. The molecular weight excluding hydrogens is 431 g/mol. The molecule has 0 aliphatic carbocycles. The van der Waals surface area contributed by atoms with Crippen LogP contribution in [0.2, 0.25) is 5.02 Å². The van der Waals surface area contributed by atoms with Gasteiger partial charge in [-0.05, 0) is 52.2 Å². The Morgan fingerprint density at radius 1 is 1.23 bits per heavy atom. The van der Waals surface area contributed by atoms with Crippen molar-refractivity contribution in [1.29, 1.82) is 0 Å². The Morgan fingerprint density at radius 2 is 2.00 bits per heavy atom. The van der Waals surface area contributed by atoms with E-state index in [9.17, 15) is 4.79 Å². The number of nitrogens with zero attached hydrogens (tertiary/aromatic N) is 2. The Labute approximate surface area is 153 Å². The largest absolute Gasteiger partial charge is 0.336 e. The van der Waals surface area contributed by atoms with E-state index in [0.29, 0.717) is 5.02 Å². The van der Waals surface area contributed by atoms with Crippen LogP contribution in [-0.2, 0) is 6.54 Å². The van der Waals surface area contributed by atoms with E-state index in [1.165, 1.54) is 4.88 Å². The molecule has 3 nitrogen and oxygen atoms in total. The number of benzene rings is 1. The summed E-state index contributed by atoms with van der Waals surface area (Å²) in [5.74, 6) is 0.102. The van der Waals surface area contributed by atoms with Crippen LogP contribution in [0.5, 0.6) is 0 Å². The fourth-order valence-electron chi connectivity index (χ4n) is 2.54. The number of carbonyl (C=O) groups excluding carboxylic acids is 1. The van der Waals surface area contributed by atoms with E-state index < -0.39 is 0 Å². The van der Waals surface area contributed by atoms with E-state index in [-0.39, 0.29) is 5.91 Å². The van der Waals surface area contributed by atoms with Crippen molar-refractivity contribution in [2.75, 3.05) is 26.2 Å². The topological polar surface area (TPSA) is 23.6 Å². The predicted molar refractivity (Wildman–Crippen MR) is 99.7 cm³/mol. The summed E-state index contributed by atoms with van der Waals surface area (Å²) in [6.45, 7) is 4.40. The lowest BCUT2D eigenvalue weighted by molar-refractivity contribution is 0.0629. The Hall–Kier alpha value is -0.630. The van der Waals surface area contributed by atoms with Crippen molar-refractivity contribution in [2.24, 2.45) is 0 Å². The monoisotopic (exact) mass is 446 g/mol. The third-order valence-electron chi connectivity index (χ3n) is 3.79. The molecule has 0 unspecified atom stereocenters. The zero-order valence-electron chi connectivity index (χ0n) is 12.0. The molecule has 1 aliphatic heterocycles. The number of thiophene rings is 1. The zero-order chi connectivity index (χ0) is 15.5. The number of hydrogen-bond acceptors (Lipinski definition) is 3. The molecule has 1 fully saturated rings. The van der Waals surface area contributed by atoms with Gasteiger partial charge >= 0.3 is 0 Å². The number of carbonyl (C=O) groups is 1. The zero-order valence-corrected chi connectivity index (χ0v) is 15.7. The summed E-state index contributed by atoms with van der Waals surface area (Å²) in [5, 5.41) is 2.80. The van der Waals surface area contributed by atoms with Crippen LogP contribution in [0.1, 0.15) is 15.2 Å². The molecule has 2 aromatic rings. The van der Waals surface area contributed by atoms with Gasteiger partial charge in [-0.25, -0.2) is 0 Å². The second kappa shape index (κ2) is 7.29. The molecule has 0 N–H and O–H groups in total. The van der Waals surface area contributed by atoms with Crippen molar-refractivity contribution in [3.63, 3.8) is 0 Å². The molecule has 2 heterocycles. The Morgan fingerprint density at radius 3 is 2.64 bits per heavy atom. The van der Waals surface area contributed by atoms with Gasteiger partial charge < -0.3 is 4.90 Å². The number of amides is 1. The molecule has 3 rings (SSSR count). The highest BCUT2D eigenvalue weighted by Gasteiger charge is 2.22. The summed E-state index contributed by atoms with van der Waals surface area (Å²) < 4.78 is 0.918. The third-order valence-corrected chi connectivity index (χ3v) is 6.19. The number of hydrogen-bond donors (Lipinski definition) is 0. The highest BCUT2D eigenvalue weighted by molar-refractivity contribution is 14.1. The smallest absolute Gasteiger partial charge is 0.253 e. The van der Waals surface area contributed by atoms with Gasteiger partial charge in [0.25, 0.3) is 5.91 Å². The normalized spacial score (nSPS) is 16.0. The quantitative estimate of drug-likeness (QED) is 0.666. The average Bonchev–Trinajstić information content (AvgIpc) is 3.03. The van der Waals surface area contributed by atoms with Crippen molar-refractivity contribution in [2.45, 2.75) is 6.54 Å². The van der Waals surface area contributed by atoms with Crippen LogP contribution in [0.25, 0.3) is 0 Å². The van der Waals surface area contributed by atoms with E-state index >= 15 is 0 Å². The molecule has 1 saturated heterocycles. The minimum Gasteiger partial charge on any atom is -0.336 e. The lowest BCUT2D eigenvalue weighted by Gasteiger charge is -2.34. The van der Waals surface area contributed by atoms with Gasteiger partial charge in [-0.1, -0.05) is 17.7 Å². The van der Waals surface area contributed by atoms with Crippen molar-refractivity contribution in [3.05, 3.63) is 54.7 Å². The van der Waals surface area contributed by atoms with Gasteiger partial charge in [0.15, 0.2) is 0 Å². The standard InChI is InChI=1S/C16H16ClIN2OS/c17-14-4-3-12(10-15(14)18)16(21)20-7-5-19(6-8-20)11-13-2-1-9-22-13/h1-4,9-10H,5-8,11H2. The second-order valence-electron chi connectivity index (χ2n) is 5.28. The minimum absolute atomic E-state index is 0.102. The summed E-state index contributed by atoms with van der Waals surface area (Å²) in [7, 11) is 0. The highest BCUT2D eigenvalue weighted by atomic mass is 127. The van der Waals surface area contributed by atoms with Gasteiger partial charge in [-0.3, -0.25) is 9.69 Å². The maximum atomic E-state index is 12.5. The SMILES string of the molecule is O=C(c1ccc(Cl)c(I)c1)N1CCN(Cc2cccs2)CC1. The van der Waals surface area contributed by atoms with Gasteiger partial charge in [0, 0.05) is 46.7 Å². The Balaban J connectivity index is 1.58. The van der Waals surface area contributed by atoms with Crippen LogP contribution >= 0.6 is 45.5 Å². The Kier molecular flexibility index (Phi) is 5.38. The van der Waals surface area contributed by atoms with Gasteiger partial charge in [-0.15, -0.1) is 11.3 Å². The molecule has 1 aliphatic rings. The number of halogens is 2. The summed E-state index contributed by atoms with van der Waals surface area (Å²) >= 11 is 9.97. The van der Waals surface area contributed by atoms with Crippen molar-refractivity contribution >= 4 is 51.4 Å². The first-order chi connectivity index (χ1) is 10.6. The van der Waals surface area contributed by atoms with Gasteiger partial charge in [0.05, 0.1) is 5.02 Å². The lowest BCUT2D eigenvalue weighted by atomic mass is 10.2. The molecule has 1 aromatic carbocycles. The average molecular weight is 447 g/mol. The van der Waals surface area contributed by atoms with Gasteiger partial charge in [0.2, 0.25) is 0 Å². The van der Waals surface area contributed by atoms with Crippen LogP contribution in [0.15, 0.2) is 35.7 Å². The van der Waals surface area contributed by atoms with Crippen molar-refractivity contribution < 1.29 is 4.79 Å². The summed E-state index contributed by atoms with van der Waals surface area (Å²) in [6.07, 6.45) is 0. The molecule has 0 atom stereocenters. The first-order valence-corrected chi connectivity index (χ1v) is 9.46. The third kappa shape index (κ3) is 3.82. The van der Waals surface area contributed by atoms with E-state index in [2.05, 4.69) is 45.0 Å². The predicted octanol–water partition coefficient (Wildman–Crippen LogP) is 3.96. The summed E-state index contributed by atoms with van der Waals surface area (Å²) in [6, 6.07) is 9.72. The van der Waals surface area contributed by atoms with Crippen LogP contribution in [0, 0.1) is 3.57 Å². The van der Waals surface area contributed by atoms with Crippen LogP contribution in [0.3, 0.4) is 0 Å². The van der Waals surface area contributed by atoms with Crippen LogP contribution in [0.4, 0.5) is 0 Å². The molecule has 22 heavy (non-hydrogen) atoms. The Bertz CT molecular complexity index is 654. The molecular formula is C16H16ClIN2OS. The molecule has 0 saturated carbocycles. The van der Waals surface area contributed by atoms with Gasteiger partial charge in [-0.2, -0.15) is 0 Å². The maximum absolute atomic E-state index is 12.5. The molecule has 0 bridgehead atoms. The lowest BCUT2D eigenvalue weighted by Crippen LogP contribution is -2.48. The number of piperazine rings is 1. The van der Waals surface area contributed by atoms with Crippen molar-refractivity contribution in [1.82, 2.24) is 9.80 Å². The van der Waals surface area contributed by atoms with Crippen molar-refractivity contribution in [3.8, 4) is 0 Å². The first kappa shape index (κ1) is 16.2. The first-order valence-electron chi connectivity index (χ1n) is 7.12. The van der Waals surface area contributed by atoms with E-state index in [1.54, 1.807) is 17.4 Å². The fourth-order valence-corrected chi connectivity index (χ4v) is 3.92. The summed E-state index contributed by atoms with van der Waals surface area (Å²) in [4.78, 5) is 18.3. The molecule has 6 heteroatoms. The molecule has 1 aromatic heterocycles. The molecule has 116 valence electrons. The van der Waals surface area contributed by atoms with E-state index in [1.807, 2.05) is 17.0 Å². The fraction of sp³-hybridized carbons (Fsp3) is 0.312.